The van der Waals surface area contributed by atoms with Gasteiger partial charge in [-0.05, 0) is 39.7 Å². The summed E-state index contributed by atoms with van der Waals surface area (Å²) in [6.45, 7) is 5.64. The number of carbonyl (C=O) groups is 1. The number of nitrogens with zero attached hydrogens (tertiary/aromatic N) is 4. The first-order chi connectivity index (χ1) is 15.2. The summed E-state index contributed by atoms with van der Waals surface area (Å²) in [5, 5.41) is 8.75. The largest absolute Gasteiger partial charge is 0.482 e. The zero-order valence-electron chi connectivity index (χ0n) is 18.1. The minimum atomic E-state index is -0.888. The molecule has 32 heavy (non-hydrogen) atoms. The second kappa shape index (κ2) is 9.77. The summed E-state index contributed by atoms with van der Waals surface area (Å²) in [6, 6.07) is 4.66. The summed E-state index contributed by atoms with van der Waals surface area (Å²) in [5.74, 6) is -1.73. The number of hydrogen-bond acceptors (Lipinski definition) is 7. The Bertz CT molecular complexity index is 1020. The topological polar surface area (TPSA) is 97.6 Å². The van der Waals surface area contributed by atoms with Crippen LogP contribution in [0.2, 0.25) is 0 Å². The van der Waals surface area contributed by atoms with Crippen molar-refractivity contribution in [3.63, 3.8) is 0 Å². The summed E-state index contributed by atoms with van der Waals surface area (Å²) in [4.78, 5) is 22.3. The molecule has 1 aromatic carbocycles. The van der Waals surface area contributed by atoms with Crippen LogP contribution in [0.5, 0.6) is 11.6 Å². The van der Waals surface area contributed by atoms with E-state index in [2.05, 4.69) is 9.97 Å². The van der Waals surface area contributed by atoms with Gasteiger partial charge in [-0.25, -0.2) is 18.6 Å². The number of aromatic nitrogens is 2. The predicted molar refractivity (Wildman–Crippen MR) is 109 cm³/mol. The molecule has 3 rings (SSSR count). The van der Waals surface area contributed by atoms with Crippen LogP contribution in [0.4, 0.5) is 13.6 Å². The molecule has 0 spiro atoms. The molecule has 2 aromatic rings. The van der Waals surface area contributed by atoms with Crippen molar-refractivity contribution < 1.29 is 27.8 Å². The quantitative estimate of drug-likeness (QED) is 0.674. The smallest absolute Gasteiger partial charge is 0.413 e. The molecule has 0 N–H and O–H groups in total. The lowest BCUT2D eigenvalue weighted by molar-refractivity contribution is -0.0357. The fourth-order valence-electron chi connectivity index (χ4n) is 3.08. The number of amides is 1. The minimum absolute atomic E-state index is 0.172. The molecule has 0 radical (unpaired) electrons. The van der Waals surface area contributed by atoms with Gasteiger partial charge >= 0.3 is 6.09 Å². The number of piperidine rings is 1. The standard InChI is InChI=1S/C22H24F2N4O4/c1-22(2,3)32-21(29)28-9-5-4-6-20(28)31-19-7-8-26-18(27-19)13-30-17-11-15(23)14(12-25)10-16(17)24/h7-8,10-11,20H,4-6,9,13H2,1-3H3. The molecule has 1 amide bonds. The first-order valence-electron chi connectivity index (χ1n) is 10.2. The second-order valence-electron chi connectivity index (χ2n) is 8.22. The van der Waals surface area contributed by atoms with Crippen molar-refractivity contribution in [2.45, 2.75) is 58.5 Å². The van der Waals surface area contributed by atoms with Crippen molar-refractivity contribution in [2.75, 3.05) is 6.54 Å². The van der Waals surface area contributed by atoms with E-state index < -0.39 is 35.1 Å². The van der Waals surface area contributed by atoms with Crippen LogP contribution in [-0.2, 0) is 11.3 Å². The Hall–Kier alpha value is -3.48. The second-order valence-corrected chi connectivity index (χ2v) is 8.22. The van der Waals surface area contributed by atoms with Crippen LogP contribution >= 0.6 is 0 Å². The molecule has 1 saturated heterocycles. The van der Waals surface area contributed by atoms with Crippen molar-refractivity contribution >= 4 is 6.09 Å². The third-order valence-electron chi connectivity index (χ3n) is 4.51. The molecule has 2 heterocycles. The fraction of sp³-hybridized carbons (Fsp3) is 0.455. The maximum atomic E-state index is 14.0. The monoisotopic (exact) mass is 446 g/mol. The van der Waals surface area contributed by atoms with Crippen LogP contribution in [-0.4, -0.2) is 39.3 Å². The molecule has 0 aliphatic carbocycles. The highest BCUT2D eigenvalue weighted by atomic mass is 19.1. The van der Waals surface area contributed by atoms with Gasteiger partial charge in [0, 0.05) is 31.3 Å². The highest BCUT2D eigenvalue weighted by Crippen LogP contribution is 2.24. The SMILES string of the molecule is CC(C)(C)OC(=O)N1CCCCC1Oc1ccnc(COc2cc(F)c(C#N)cc2F)n1. The van der Waals surface area contributed by atoms with Crippen molar-refractivity contribution in [3.05, 3.63) is 47.4 Å². The van der Waals surface area contributed by atoms with Crippen LogP contribution in [0.25, 0.3) is 0 Å². The van der Waals surface area contributed by atoms with Crippen molar-refractivity contribution in [1.82, 2.24) is 14.9 Å². The Morgan fingerprint density at radius 1 is 1.28 bits per heavy atom. The Balaban J connectivity index is 1.67. The van der Waals surface area contributed by atoms with Crippen LogP contribution in [0, 0.1) is 23.0 Å². The van der Waals surface area contributed by atoms with Gasteiger partial charge in [0.05, 0.1) is 5.56 Å². The summed E-state index contributed by atoms with van der Waals surface area (Å²) < 4.78 is 44.4. The van der Waals surface area contributed by atoms with E-state index in [1.54, 1.807) is 26.8 Å². The highest BCUT2D eigenvalue weighted by molar-refractivity contribution is 5.68. The fourth-order valence-corrected chi connectivity index (χ4v) is 3.08. The molecule has 1 unspecified atom stereocenters. The van der Waals surface area contributed by atoms with Gasteiger partial charge in [-0.3, -0.25) is 4.90 Å². The highest BCUT2D eigenvalue weighted by Gasteiger charge is 2.32. The number of carbonyl (C=O) groups excluding carboxylic acids is 1. The van der Waals surface area contributed by atoms with Gasteiger partial charge < -0.3 is 14.2 Å². The lowest BCUT2D eigenvalue weighted by atomic mass is 10.1. The molecule has 1 aromatic heterocycles. The van der Waals surface area contributed by atoms with Crippen LogP contribution in [0.15, 0.2) is 24.4 Å². The van der Waals surface area contributed by atoms with E-state index in [1.807, 2.05) is 0 Å². The van der Waals surface area contributed by atoms with E-state index in [4.69, 9.17) is 19.5 Å². The molecular weight excluding hydrogens is 422 g/mol. The first kappa shape index (κ1) is 23.2. The lowest BCUT2D eigenvalue weighted by Gasteiger charge is -2.36. The van der Waals surface area contributed by atoms with Crippen LogP contribution in [0.1, 0.15) is 51.4 Å². The molecule has 8 nitrogen and oxygen atoms in total. The summed E-state index contributed by atoms with van der Waals surface area (Å²) in [7, 11) is 0. The van der Waals surface area contributed by atoms with Crippen LogP contribution in [0.3, 0.4) is 0 Å². The first-order valence-corrected chi connectivity index (χ1v) is 10.2. The number of rotatable bonds is 5. The molecule has 170 valence electrons. The van der Waals surface area contributed by atoms with Gasteiger partial charge in [-0.15, -0.1) is 0 Å². The molecule has 0 bridgehead atoms. The molecule has 1 fully saturated rings. The number of nitriles is 1. The molecule has 1 aliphatic heterocycles. The predicted octanol–water partition coefficient (Wildman–Crippen LogP) is 4.33. The van der Waals surface area contributed by atoms with Gasteiger partial charge in [0.2, 0.25) is 5.88 Å². The third-order valence-corrected chi connectivity index (χ3v) is 4.51. The maximum absolute atomic E-state index is 14.0. The zero-order chi connectivity index (χ0) is 23.3. The average molecular weight is 446 g/mol. The number of halogens is 2. The lowest BCUT2D eigenvalue weighted by Crippen LogP contribution is -2.48. The average Bonchev–Trinajstić information content (AvgIpc) is 2.73. The van der Waals surface area contributed by atoms with Crippen molar-refractivity contribution in [3.8, 4) is 17.7 Å². The Labute approximate surface area is 184 Å². The summed E-state index contributed by atoms with van der Waals surface area (Å²) >= 11 is 0. The van der Waals surface area contributed by atoms with Crippen LogP contribution < -0.4 is 9.47 Å². The van der Waals surface area contributed by atoms with E-state index in [0.717, 1.165) is 25.0 Å². The number of hydrogen-bond donors (Lipinski definition) is 0. The molecule has 1 atom stereocenters. The Kier molecular flexibility index (Phi) is 7.08. The van der Waals surface area contributed by atoms with Gasteiger partial charge in [-0.1, -0.05) is 0 Å². The Morgan fingerprint density at radius 2 is 2.06 bits per heavy atom. The Morgan fingerprint density at radius 3 is 2.78 bits per heavy atom. The van der Waals surface area contributed by atoms with E-state index in [1.165, 1.54) is 17.2 Å². The molecule has 10 heteroatoms. The zero-order valence-corrected chi connectivity index (χ0v) is 18.1. The number of benzene rings is 1. The molecule has 0 saturated carbocycles. The normalized spacial score (nSPS) is 16.2. The maximum Gasteiger partial charge on any atom is 0.413 e. The van der Waals surface area contributed by atoms with Gasteiger partial charge in [0.1, 0.15) is 24.1 Å². The van der Waals surface area contributed by atoms with Gasteiger partial charge in [-0.2, -0.15) is 10.2 Å². The van der Waals surface area contributed by atoms with E-state index >= 15 is 0 Å². The number of ether oxygens (including phenoxy) is 3. The summed E-state index contributed by atoms with van der Waals surface area (Å²) in [6.07, 6.45) is 2.77. The van der Waals surface area contributed by atoms with E-state index in [9.17, 15) is 13.6 Å². The minimum Gasteiger partial charge on any atom is -0.482 e. The molecular formula is C22H24F2N4O4. The summed E-state index contributed by atoms with van der Waals surface area (Å²) in [5.41, 5.74) is -1.04. The van der Waals surface area contributed by atoms with Gasteiger partial charge in [0.25, 0.3) is 0 Å². The number of likely N-dealkylation sites (tertiary alicyclic amines) is 1. The van der Waals surface area contributed by atoms with Crippen molar-refractivity contribution in [2.24, 2.45) is 0 Å². The third kappa shape index (κ3) is 6.03. The van der Waals surface area contributed by atoms with E-state index in [-0.39, 0.29) is 24.1 Å². The van der Waals surface area contributed by atoms with E-state index in [0.29, 0.717) is 13.0 Å². The van der Waals surface area contributed by atoms with Crippen molar-refractivity contribution in [1.29, 1.82) is 5.26 Å². The molecule has 1 aliphatic rings. The van der Waals surface area contributed by atoms with Gasteiger partial charge in [0.15, 0.2) is 23.6 Å².